The summed E-state index contributed by atoms with van der Waals surface area (Å²) in [5.74, 6) is 0.734. The van der Waals surface area contributed by atoms with Gasteiger partial charge >= 0.3 is 0 Å². The van der Waals surface area contributed by atoms with E-state index in [1.807, 2.05) is 36.7 Å². The number of nitrogens with zero attached hydrogens (tertiary/aromatic N) is 3. The van der Waals surface area contributed by atoms with Crippen molar-refractivity contribution in [3.8, 4) is 17.0 Å². The lowest BCUT2D eigenvalue weighted by atomic mass is 9.97. The Bertz CT molecular complexity index is 947. The Morgan fingerprint density at radius 2 is 2.31 bits per heavy atom. The van der Waals surface area contributed by atoms with E-state index >= 15 is 0 Å². The van der Waals surface area contributed by atoms with Crippen LogP contribution < -0.4 is 10.1 Å². The van der Waals surface area contributed by atoms with E-state index in [2.05, 4.69) is 19.9 Å². The number of nitrogens with one attached hydrogen (secondary N) is 1. The van der Waals surface area contributed by atoms with Crippen molar-refractivity contribution in [2.24, 2.45) is 5.92 Å². The molecular weight excluding hydrogens is 348 g/mol. The van der Waals surface area contributed by atoms with Crippen LogP contribution in [0.2, 0.25) is 0 Å². The van der Waals surface area contributed by atoms with Crippen LogP contribution in [0.5, 0.6) is 5.75 Å². The lowest BCUT2D eigenvalue weighted by Crippen LogP contribution is -2.30. The second kappa shape index (κ2) is 6.92. The molecule has 0 radical (unpaired) electrons. The van der Waals surface area contributed by atoms with Crippen molar-refractivity contribution >= 4 is 22.4 Å². The lowest BCUT2D eigenvalue weighted by molar-refractivity contribution is -0.120. The first-order chi connectivity index (χ1) is 12.6. The average Bonchev–Trinajstić information content (AvgIpc) is 3.30. The van der Waals surface area contributed by atoms with Crippen LogP contribution in [0.25, 0.3) is 11.3 Å². The van der Waals surface area contributed by atoms with E-state index in [1.165, 1.54) is 17.0 Å². The van der Waals surface area contributed by atoms with Gasteiger partial charge in [-0.1, -0.05) is 11.6 Å². The highest BCUT2D eigenvalue weighted by Gasteiger charge is 2.25. The van der Waals surface area contributed by atoms with Crippen molar-refractivity contribution in [3.05, 3.63) is 47.4 Å². The molecule has 1 aliphatic rings. The number of methoxy groups -OCH3 is 1. The van der Waals surface area contributed by atoms with Crippen LogP contribution in [-0.4, -0.2) is 27.6 Å². The quantitative estimate of drug-likeness (QED) is 0.765. The molecule has 1 unspecified atom stereocenters. The van der Waals surface area contributed by atoms with Crippen molar-refractivity contribution < 1.29 is 9.53 Å². The molecule has 6 nitrogen and oxygen atoms in total. The number of benzene rings is 1. The second-order valence-corrected chi connectivity index (χ2v) is 7.36. The van der Waals surface area contributed by atoms with Gasteiger partial charge in [-0.2, -0.15) is 0 Å². The first kappa shape index (κ1) is 16.8. The van der Waals surface area contributed by atoms with Crippen molar-refractivity contribution in [3.63, 3.8) is 0 Å². The number of anilines is 1. The first-order valence-electron chi connectivity index (χ1n) is 8.54. The maximum Gasteiger partial charge on any atom is 0.231 e. The summed E-state index contributed by atoms with van der Waals surface area (Å²) in [5.41, 5.74) is 4.08. The van der Waals surface area contributed by atoms with Crippen molar-refractivity contribution in [1.29, 1.82) is 0 Å². The Morgan fingerprint density at radius 3 is 3.15 bits per heavy atom. The molecule has 1 aliphatic heterocycles. The van der Waals surface area contributed by atoms with Crippen LogP contribution in [0.15, 0.2) is 36.1 Å². The van der Waals surface area contributed by atoms with E-state index in [9.17, 15) is 4.79 Å². The largest absolute Gasteiger partial charge is 0.496 e. The summed E-state index contributed by atoms with van der Waals surface area (Å²) in [6, 6.07) is 5.99. The summed E-state index contributed by atoms with van der Waals surface area (Å²) in [7, 11) is 1.65. The van der Waals surface area contributed by atoms with Gasteiger partial charge in [0, 0.05) is 29.4 Å². The molecule has 7 heteroatoms. The molecule has 3 heterocycles. The zero-order chi connectivity index (χ0) is 18.1. The van der Waals surface area contributed by atoms with Crippen LogP contribution >= 0.6 is 11.3 Å². The molecule has 1 aromatic carbocycles. The highest BCUT2D eigenvalue weighted by molar-refractivity contribution is 7.14. The number of aromatic nitrogens is 3. The van der Waals surface area contributed by atoms with Gasteiger partial charge in [0.2, 0.25) is 5.91 Å². The van der Waals surface area contributed by atoms with Crippen LogP contribution in [0.3, 0.4) is 0 Å². The van der Waals surface area contributed by atoms with Gasteiger partial charge in [0.1, 0.15) is 5.75 Å². The van der Waals surface area contributed by atoms with Crippen LogP contribution in [0.1, 0.15) is 17.7 Å². The summed E-state index contributed by atoms with van der Waals surface area (Å²) in [4.78, 5) is 21.4. The summed E-state index contributed by atoms with van der Waals surface area (Å²) < 4.78 is 7.49. The normalized spacial score (nSPS) is 16.2. The maximum atomic E-state index is 12.6. The van der Waals surface area contributed by atoms with Gasteiger partial charge in [-0.15, -0.1) is 11.3 Å². The molecule has 1 amide bonds. The van der Waals surface area contributed by atoms with Crippen molar-refractivity contribution in [2.45, 2.75) is 26.3 Å². The Labute approximate surface area is 155 Å². The Kier molecular flexibility index (Phi) is 4.46. The molecular formula is C19H20N4O2S. The van der Waals surface area contributed by atoms with E-state index in [-0.39, 0.29) is 11.8 Å². The number of aryl methyl sites for hydroxylation is 2. The molecule has 1 N–H and O–H groups in total. The van der Waals surface area contributed by atoms with Gasteiger partial charge in [-0.05, 0) is 31.9 Å². The number of amides is 1. The third kappa shape index (κ3) is 3.22. The van der Waals surface area contributed by atoms with Gasteiger partial charge in [0.15, 0.2) is 5.13 Å². The molecule has 0 bridgehead atoms. The summed E-state index contributed by atoms with van der Waals surface area (Å²) in [5, 5.41) is 5.53. The molecule has 26 heavy (non-hydrogen) atoms. The highest BCUT2D eigenvalue weighted by atomic mass is 32.1. The molecule has 4 rings (SSSR count). The van der Waals surface area contributed by atoms with E-state index in [1.54, 1.807) is 13.4 Å². The van der Waals surface area contributed by atoms with E-state index in [0.29, 0.717) is 11.7 Å². The van der Waals surface area contributed by atoms with Crippen LogP contribution in [0, 0.1) is 12.8 Å². The van der Waals surface area contributed by atoms with Gasteiger partial charge in [0.25, 0.3) is 0 Å². The molecule has 1 atom stereocenters. The number of thiazole rings is 1. The molecule has 2 aromatic heterocycles. The van der Waals surface area contributed by atoms with E-state index in [4.69, 9.17) is 4.74 Å². The predicted octanol–water partition coefficient (Wildman–Crippen LogP) is 3.52. The van der Waals surface area contributed by atoms with Gasteiger partial charge < -0.3 is 14.6 Å². The zero-order valence-corrected chi connectivity index (χ0v) is 15.5. The van der Waals surface area contributed by atoms with Gasteiger partial charge in [-0.25, -0.2) is 9.97 Å². The monoisotopic (exact) mass is 368 g/mol. The minimum absolute atomic E-state index is 0.0152. The number of carbonyl (C=O) groups is 1. The number of rotatable bonds is 4. The molecule has 3 aromatic rings. The number of carbonyl (C=O) groups excluding carboxylic acids is 1. The molecule has 0 aliphatic carbocycles. The standard InChI is InChI=1S/C19H20N4O2S/c1-12-3-6-17(25-2)15(7-12)16-10-26-19(21-16)22-18(24)13-4-5-14-8-20-11-23(14)9-13/h3,6-8,10-11,13H,4-5,9H2,1-2H3,(H,21,22,24). The fraction of sp³-hybridized carbons (Fsp3) is 0.316. The van der Waals surface area contributed by atoms with Crippen LogP contribution in [0.4, 0.5) is 5.13 Å². The number of ether oxygens (including phenoxy) is 1. The molecule has 0 saturated heterocycles. The van der Waals surface area contributed by atoms with Crippen molar-refractivity contribution in [1.82, 2.24) is 14.5 Å². The number of hydrogen-bond acceptors (Lipinski definition) is 5. The van der Waals surface area contributed by atoms with E-state index < -0.39 is 0 Å². The first-order valence-corrected chi connectivity index (χ1v) is 9.42. The smallest absolute Gasteiger partial charge is 0.231 e. The summed E-state index contributed by atoms with van der Waals surface area (Å²) in [6.45, 7) is 2.70. The Hall–Kier alpha value is -2.67. The third-order valence-corrected chi connectivity index (χ3v) is 5.46. The lowest BCUT2D eigenvalue weighted by Gasteiger charge is -2.22. The van der Waals surface area contributed by atoms with Crippen LogP contribution in [-0.2, 0) is 17.8 Å². The molecule has 134 valence electrons. The average molecular weight is 368 g/mol. The number of hydrogen-bond donors (Lipinski definition) is 1. The van der Waals surface area contributed by atoms with Crippen molar-refractivity contribution in [2.75, 3.05) is 12.4 Å². The third-order valence-electron chi connectivity index (χ3n) is 4.70. The zero-order valence-electron chi connectivity index (χ0n) is 14.7. The van der Waals surface area contributed by atoms with Gasteiger partial charge in [-0.3, -0.25) is 4.79 Å². The topological polar surface area (TPSA) is 69.0 Å². The fourth-order valence-corrected chi connectivity index (χ4v) is 3.98. The molecule has 0 fully saturated rings. The Balaban J connectivity index is 1.49. The predicted molar refractivity (Wildman–Crippen MR) is 102 cm³/mol. The van der Waals surface area contributed by atoms with Gasteiger partial charge in [0.05, 0.1) is 25.0 Å². The summed E-state index contributed by atoms with van der Waals surface area (Å²) in [6.07, 6.45) is 5.37. The SMILES string of the molecule is COc1ccc(C)cc1-c1csc(NC(=O)C2CCc3cncn3C2)n1. The maximum absolute atomic E-state index is 12.6. The minimum Gasteiger partial charge on any atom is -0.496 e. The minimum atomic E-state index is -0.0578. The number of imidazole rings is 1. The van der Waals surface area contributed by atoms with E-state index in [0.717, 1.165) is 35.4 Å². The second-order valence-electron chi connectivity index (χ2n) is 6.50. The Morgan fingerprint density at radius 1 is 1.42 bits per heavy atom. The fourth-order valence-electron chi connectivity index (χ4n) is 3.27. The highest BCUT2D eigenvalue weighted by Crippen LogP contribution is 2.33. The molecule has 0 spiro atoms. The summed E-state index contributed by atoms with van der Waals surface area (Å²) >= 11 is 1.43. The molecule has 0 saturated carbocycles. The number of fused-ring (bicyclic) bond motifs is 1.